The lowest BCUT2D eigenvalue weighted by Gasteiger charge is -2.25. The average Bonchev–Trinajstić information content (AvgIpc) is 2.90. The summed E-state index contributed by atoms with van der Waals surface area (Å²) in [6, 6.07) is 0.474. The van der Waals surface area contributed by atoms with Crippen LogP contribution < -0.4 is 38.9 Å². The number of aromatic hydroxyl groups is 1. The second kappa shape index (κ2) is 18.0. The Bertz CT molecular complexity index is 1060. The highest BCUT2D eigenvalue weighted by atomic mass is 16.4. The third-order valence-corrected chi connectivity index (χ3v) is 5.89. The van der Waals surface area contributed by atoms with Crippen molar-refractivity contribution in [2.75, 3.05) is 13.1 Å². The first-order chi connectivity index (χ1) is 19.3. The molecule has 16 nitrogen and oxygen atoms in total. The number of nitrogens with one attached hydrogen (secondary N) is 3. The number of carboxylic acid groups (broad SMARTS) is 2. The molecular weight excluding hydrogens is 540 g/mol. The predicted molar refractivity (Wildman–Crippen MR) is 148 cm³/mol. The number of benzene rings is 1. The van der Waals surface area contributed by atoms with Crippen molar-refractivity contribution in [1.82, 2.24) is 16.0 Å². The first-order valence-electron chi connectivity index (χ1n) is 13.0. The van der Waals surface area contributed by atoms with Gasteiger partial charge in [0.2, 0.25) is 17.7 Å². The molecule has 4 atom stereocenters. The van der Waals surface area contributed by atoms with Crippen molar-refractivity contribution in [2.24, 2.45) is 27.9 Å². The molecular formula is C25H40N8O8. The van der Waals surface area contributed by atoms with Gasteiger partial charge in [0.1, 0.15) is 23.9 Å². The van der Waals surface area contributed by atoms with Crippen molar-refractivity contribution in [3.8, 4) is 5.75 Å². The summed E-state index contributed by atoms with van der Waals surface area (Å²) in [5, 5.41) is 35.5. The van der Waals surface area contributed by atoms with Crippen LogP contribution in [-0.2, 0) is 30.4 Å². The molecule has 0 heterocycles. The number of hydrogen-bond donors (Lipinski definition) is 10. The van der Waals surface area contributed by atoms with Crippen LogP contribution in [0.4, 0.5) is 0 Å². The number of guanidine groups is 1. The van der Waals surface area contributed by atoms with Gasteiger partial charge in [-0.05, 0) is 56.3 Å². The van der Waals surface area contributed by atoms with Crippen molar-refractivity contribution in [1.29, 1.82) is 0 Å². The molecule has 0 aliphatic carbocycles. The molecule has 0 saturated heterocycles. The number of phenolic OH excluding ortho intramolecular Hbond substituents is 1. The Kier molecular flexibility index (Phi) is 15.2. The number of phenols is 1. The number of unbranched alkanes of at least 4 members (excludes halogenated alkanes) is 1. The van der Waals surface area contributed by atoms with E-state index in [1.165, 1.54) is 24.3 Å². The molecule has 16 heteroatoms. The lowest BCUT2D eigenvalue weighted by Crippen LogP contribution is -2.57. The maximum atomic E-state index is 13.1. The summed E-state index contributed by atoms with van der Waals surface area (Å²) in [4.78, 5) is 65.7. The van der Waals surface area contributed by atoms with Crippen LogP contribution in [0.5, 0.6) is 5.75 Å². The van der Waals surface area contributed by atoms with E-state index in [0.717, 1.165) is 0 Å². The first kappa shape index (κ1) is 34.6. The van der Waals surface area contributed by atoms with E-state index in [9.17, 15) is 39.3 Å². The number of hydrogen-bond acceptors (Lipinski definition) is 9. The van der Waals surface area contributed by atoms with Gasteiger partial charge in [0.05, 0.1) is 12.5 Å². The van der Waals surface area contributed by atoms with Crippen LogP contribution in [0.2, 0.25) is 0 Å². The minimum atomic E-state index is -1.57. The topological polar surface area (TPSA) is 299 Å². The summed E-state index contributed by atoms with van der Waals surface area (Å²) in [6.45, 7) is 0.520. The highest BCUT2D eigenvalue weighted by Crippen LogP contribution is 2.12. The maximum Gasteiger partial charge on any atom is 0.326 e. The zero-order chi connectivity index (χ0) is 30.9. The molecule has 0 fully saturated rings. The Hall–Kier alpha value is -4.44. The Balaban J connectivity index is 2.98. The molecule has 0 radical (unpaired) electrons. The summed E-state index contributed by atoms with van der Waals surface area (Å²) in [5.74, 6) is -5.44. The zero-order valence-electron chi connectivity index (χ0n) is 22.6. The van der Waals surface area contributed by atoms with Gasteiger partial charge in [-0.2, -0.15) is 0 Å². The third-order valence-electron chi connectivity index (χ3n) is 5.89. The van der Waals surface area contributed by atoms with E-state index in [2.05, 4.69) is 20.9 Å². The molecule has 3 amide bonds. The van der Waals surface area contributed by atoms with Gasteiger partial charge in [-0.15, -0.1) is 0 Å². The smallest absolute Gasteiger partial charge is 0.326 e. The van der Waals surface area contributed by atoms with E-state index in [-0.39, 0.29) is 37.5 Å². The lowest BCUT2D eigenvalue weighted by atomic mass is 10.0. The highest BCUT2D eigenvalue weighted by Gasteiger charge is 2.31. The van der Waals surface area contributed by atoms with E-state index < -0.39 is 60.2 Å². The Morgan fingerprint density at radius 2 is 1.39 bits per heavy atom. The second-order valence-corrected chi connectivity index (χ2v) is 9.33. The van der Waals surface area contributed by atoms with Gasteiger partial charge in [-0.1, -0.05) is 12.1 Å². The highest BCUT2D eigenvalue weighted by molar-refractivity contribution is 5.95. The standard InChI is InChI=1S/C25H40N8O8/c26-10-2-1-5-17(22(38)33-19(24(40)41)12-14-6-8-15(34)9-7-14)31-23(39)18(13-20(35)36)32-21(37)16(27)4-3-11-30-25(28)29/h6-9,16-19,34H,1-5,10-13,26-27H2,(H,31,39)(H,32,37)(H,33,38)(H,35,36)(H,40,41)(H4,28,29,30). The molecule has 14 N–H and O–H groups in total. The molecule has 0 aliphatic rings. The van der Waals surface area contributed by atoms with Crippen molar-refractivity contribution < 1.29 is 39.3 Å². The maximum absolute atomic E-state index is 13.1. The van der Waals surface area contributed by atoms with Crippen molar-refractivity contribution in [3.63, 3.8) is 0 Å². The van der Waals surface area contributed by atoms with Crippen molar-refractivity contribution in [3.05, 3.63) is 29.8 Å². The lowest BCUT2D eigenvalue weighted by molar-refractivity contribution is -0.143. The third kappa shape index (κ3) is 14.0. The summed E-state index contributed by atoms with van der Waals surface area (Å²) in [5.41, 5.74) is 22.4. The SMILES string of the molecule is NCCCCC(NC(=O)C(CC(=O)O)NC(=O)C(N)CCCN=C(N)N)C(=O)NC(Cc1ccc(O)cc1)C(=O)O. The molecule has 1 rings (SSSR count). The van der Waals surface area contributed by atoms with Crippen LogP contribution in [-0.4, -0.2) is 88.2 Å². The van der Waals surface area contributed by atoms with Gasteiger partial charge < -0.3 is 54.2 Å². The van der Waals surface area contributed by atoms with E-state index in [0.29, 0.717) is 31.4 Å². The summed E-state index contributed by atoms with van der Waals surface area (Å²) < 4.78 is 0. The number of rotatable bonds is 19. The molecule has 1 aromatic carbocycles. The monoisotopic (exact) mass is 580 g/mol. The van der Waals surface area contributed by atoms with E-state index in [4.69, 9.17) is 22.9 Å². The molecule has 0 spiro atoms. The van der Waals surface area contributed by atoms with Crippen LogP contribution >= 0.6 is 0 Å². The number of carboxylic acids is 2. The van der Waals surface area contributed by atoms with Crippen LogP contribution in [0.3, 0.4) is 0 Å². The average molecular weight is 581 g/mol. The summed E-state index contributed by atoms with van der Waals surface area (Å²) in [7, 11) is 0. The Labute approximate surface area is 236 Å². The van der Waals surface area contributed by atoms with E-state index in [1.54, 1.807) is 0 Å². The van der Waals surface area contributed by atoms with Crippen molar-refractivity contribution >= 4 is 35.6 Å². The molecule has 41 heavy (non-hydrogen) atoms. The molecule has 1 aromatic rings. The van der Waals surface area contributed by atoms with E-state index >= 15 is 0 Å². The Morgan fingerprint density at radius 1 is 0.805 bits per heavy atom. The number of aliphatic imine (C=N–C) groups is 1. The van der Waals surface area contributed by atoms with Gasteiger partial charge in [0.15, 0.2) is 5.96 Å². The largest absolute Gasteiger partial charge is 0.508 e. The van der Waals surface area contributed by atoms with Crippen molar-refractivity contribution in [2.45, 2.75) is 69.1 Å². The molecule has 0 aliphatic heterocycles. The van der Waals surface area contributed by atoms with Crippen LogP contribution in [0.15, 0.2) is 29.3 Å². The van der Waals surface area contributed by atoms with Gasteiger partial charge >= 0.3 is 11.9 Å². The quantitative estimate of drug-likeness (QED) is 0.0460. The fourth-order valence-electron chi connectivity index (χ4n) is 3.69. The van der Waals surface area contributed by atoms with Crippen LogP contribution in [0.1, 0.15) is 44.1 Å². The predicted octanol–water partition coefficient (Wildman–Crippen LogP) is -2.54. The minimum Gasteiger partial charge on any atom is -0.508 e. The molecule has 4 unspecified atom stereocenters. The number of carbonyl (C=O) groups excluding carboxylic acids is 3. The first-order valence-corrected chi connectivity index (χ1v) is 13.0. The molecule has 228 valence electrons. The fraction of sp³-hybridized carbons (Fsp3) is 0.520. The number of nitrogens with zero attached hydrogens (tertiary/aromatic N) is 1. The van der Waals surface area contributed by atoms with Gasteiger partial charge in [0.25, 0.3) is 0 Å². The van der Waals surface area contributed by atoms with E-state index in [1.807, 2.05) is 0 Å². The molecule has 0 saturated carbocycles. The molecule has 0 bridgehead atoms. The molecule has 0 aromatic heterocycles. The van der Waals surface area contributed by atoms with Gasteiger partial charge in [-0.25, -0.2) is 4.79 Å². The number of carbonyl (C=O) groups is 5. The van der Waals surface area contributed by atoms with Crippen LogP contribution in [0, 0.1) is 0 Å². The number of aliphatic carboxylic acids is 2. The number of nitrogens with two attached hydrogens (primary N) is 4. The summed E-state index contributed by atoms with van der Waals surface area (Å²) >= 11 is 0. The second-order valence-electron chi connectivity index (χ2n) is 9.33. The van der Waals surface area contributed by atoms with Crippen LogP contribution in [0.25, 0.3) is 0 Å². The van der Waals surface area contributed by atoms with Gasteiger partial charge in [0, 0.05) is 13.0 Å². The fourth-order valence-corrected chi connectivity index (χ4v) is 3.69. The summed E-state index contributed by atoms with van der Waals surface area (Å²) in [6.07, 6.45) is 0.545. The minimum absolute atomic E-state index is 0.0118. The Morgan fingerprint density at radius 3 is 1.95 bits per heavy atom. The zero-order valence-corrected chi connectivity index (χ0v) is 22.6. The normalized spacial score (nSPS) is 13.6. The van der Waals surface area contributed by atoms with Gasteiger partial charge in [-0.3, -0.25) is 24.2 Å². The number of amides is 3.